The molecule has 5 heteroatoms. The Kier molecular flexibility index (Phi) is 4.27. The van der Waals surface area contributed by atoms with Gasteiger partial charge in [0.25, 0.3) is 0 Å². The lowest BCUT2D eigenvalue weighted by atomic mass is 10.2. The van der Waals surface area contributed by atoms with Gasteiger partial charge in [-0.2, -0.15) is 0 Å². The number of benzene rings is 2. The number of hydrogen-bond acceptors (Lipinski definition) is 3. The van der Waals surface area contributed by atoms with Gasteiger partial charge in [-0.3, -0.25) is 0 Å². The molecule has 0 aromatic heterocycles. The van der Waals surface area contributed by atoms with Gasteiger partial charge in [-0.05, 0) is 24.3 Å². The molecule has 0 spiro atoms. The maximum Gasteiger partial charge on any atom is 0.163 e. The molecule has 0 saturated heterocycles. The number of methoxy groups -OCH3 is 1. The van der Waals surface area contributed by atoms with E-state index in [1.807, 2.05) is 0 Å². The van der Waals surface area contributed by atoms with Crippen LogP contribution in [-0.2, 0) is 6.61 Å². The van der Waals surface area contributed by atoms with Crippen molar-refractivity contribution in [2.45, 2.75) is 6.61 Å². The lowest BCUT2D eigenvalue weighted by Gasteiger charge is -2.12. The number of anilines is 1. The summed E-state index contributed by atoms with van der Waals surface area (Å²) in [5, 5.41) is 0. The highest BCUT2D eigenvalue weighted by molar-refractivity contribution is 9.10. The highest BCUT2D eigenvalue weighted by atomic mass is 79.9. The molecular formula is C14H13BrFNO2. The van der Waals surface area contributed by atoms with Crippen LogP contribution in [0, 0.1) is 5.82 Å². The lowest BCUT2D eigenvalue weighted by molar-refractivity contribution is 0.284. The van der Waals surface area contributed by atoms with Crippen LogP contribution in [-0.4, -0.2) is 7.11 Å². The SMILES string of the molecule is COc1ccc(N)cc1OCc1ccc(F)cc1Br. The van der Waals surface area contributed by atoms with Crippen molar-refractivity contribution in [3.05, 3.63) is 52.3 Å². The minimum Gasteiger partial charge on any atom is -0.493 e. The molecule has 0 aliphatic carbocycles. The van der Waals surface area contributed by atoms with E-state index in [0.717, 1.165) is 5.56 Å². The van der Waals surface area contributed by atoms with E-state index in [2.05, 4.69) is 15.9 Å². The zero-order valence-corrected chi connectivity index (χ0v) is 11.9. The van der Waals surface area contributed by atoms with Crippen LogP contribution in [0.1, 0.15) is 5.56 Å². The second kappa shape index (κ2) is 5.93. The smallest absolute Gasteiger partial charge is 0.163 e. The topological polar surface area (TPSA) is 44.5 Å². The Bertz CT molecular complexity index is 590. The third-order valence-corrected chi connectivity index (χ3v) is 3.32. The molecule has 100 valence electrons. The molecule has 0 fully saturated rings. The molecule has 0 heterocycles. The molecule has 3 nitrogen and oxygen atoms in total. The summed E-state index contributed by atoms with van der Waals surface area (Å²) >= 11 is 3.29. The predicted octanol–water partition coefficient (Wildman–Crippen LogP) is 3.76. The van der Waals surface area contributed by atoms with Crippen molar-refractivity contribution in [3.63, 3.8) is 0 Å². The molecule has 0 atom stereocenters. The van der Waals surface area contributed by atoms with Crippen LogP contribution in [0.5, 0.6) is 11.5 Å². The van der Waals surface area contributed by atoms with Crippen LogP contribution in [0.4, 0.5) is 10.1 Å². The third kappa shape index (κ3) is 3.38. The molecule has 0 amide bonds. The number of halogens is 2. The summed E-state index contributed by atoms with van der Waals surface area (Å²) in [6, 6.07) is 9.62. The van der Waals surface area contributed by atoms with Gasteiger partial charge in [0.15, 0.2) is 11.5 Å². The molecule has 2 N–H and O–H groups in total. The highest BCUT2D eigenvalue weighted by Crippen LogP contribution is 2.30. The van der Waals surface area contributed by atoms with E-state index in [1.54, 1.807) is 31.4 Å². The average Bonchev–Trinajstić information content (AvgIpc) is 2.38. The first-order chi connectivity index (χ1) is 9.10. The maximum atomic E-state index is 13.0. The second-order valence-corrected chi connectivity index (χ2v) is 4.79. The molecule has 0 aliphatic rings. The maximum absolute atomic E-state index is 13.0. The summed E-state index contributed by atoms with van der Waals surface area (Å²) in [5.41, 5.74) is 7.14. The van der Waals surface area contributed by atoms with Crippen LogP contribution in [0.3, 0.4) is 0 Å². The summed E-state index contributed by atoms with van der Waals surface area (Å²) in [6.07, 6.45) is 0. The van der Waals surface area contributed by atoms with Gasteiger partial charge in [0, 0.05) is 21.8 Å². The minimum atomic E-state index is -0.294. The Hall–Kier alpha value is -1.75. The van der Waals surface area contributed by atoms with Gasteiger partial charge >= 0.3 is 0 Å². The summed E-state index contributed by atoms with van der Waals surface area (Å²) in [5.74, 6) is 0.864. The van der Waals surface area contributed by atoms with Crippen LogP contribution >= 0.6 is 15.9 Å². The quantitative estimate of drug-likeness (QED) is 0.870. The molecular weight excluding hydrogens is 313 g/mol. The first-order valence-electron chi connectivity index (χ1n) is 5.60. The molecule has 0 radical (unpaired) electrons. The van der Waals surface area contributed by atoms with E-state index >= 15 is 0 Å². The Labute approximate surface area is 119 Å². The van der Waals surface area contributed by atoms with E-state index in [4.69, 9.17) is 15.2 Å². The van der Waals surface area contributed by atoms with Gasteiger partial charge in [0.2, 0.25) is 0 Å². The molecule has 2 rings (SSSR count). The fourth-order valence-electron chi connectivity index (χ4n) is 1.60. The van der Waals surface area contributed by atoms with E-state index < -0.39 is 0 Å². The zero-order valence-electron chi connectivity index (χ0n) is 10.3. The molecule has 19 heavy (non-hydrogen) atoms. The molecule has 0 bridgehead atoms. The fraction of sp³-hybridized carbons (Fsp3) is 0.143. The van der Waals surface area contributed by atoms with Crippen molar-refractivity contribution in [2.75, 3.05) is 12.8 Å². The Balaban J connectivity index is 2.16. The summed E-state index contributed by atoms with van der Waals surface area (Å²) < 4.78 is 24.5. The first-order valence-corrected chi connectivity index (χ1v) is 6.39. The van der Waals surface area contributed by atoms with Crippen molar-refractivity contribution in [3.8, 4) is 11.5 Å². The molecule has 0 aliphatic heterocycles. The van der Waals surface area contributed by atoms with Crippen molar-refractivity contribution in [1.29, 1.82) is 0 Å². The number of nitrogens with two attached hydrogens (primary N) is 1. The summed E-state index contributed by atoms with van der Waals surface area (Å²) in [7, 11) is 1.56. The Morgan fingerprint density at radius 2 is 1.95 bits per heavy atom. The second-order valence-electron chi connectivity index (χ2n) is 3.93. The van der Waals surface area contributed by atoms with Gasteiger partial charge < -0.3 is 15.2 Å². The van der Waals surface area contributed by atoms with Gasteiger partial charge in [-0.25, -0.2) is 4.39 Å². The van der Waals surface area contributed by atoms with Gasteiger partial charge in [-0.15, -0.1) is 0 Å². The fourth-order valence-corrected chi connectivity index (χ4v) is 2.07. The number of nitrogen functional groups attached to an aromatic ring is 1. The highest BCUT2D eigenvalue weighted by Gasteiger charge is 2.07. The molecule has 0 saturated carbocycles. The van der Waals surface area contributed by atoms with Gasteiger partial charge in [0.1, 0.15) is 12.4 Å². The van der Waals surface area contributed by atoms with Crippen molar-refractivity contribution >= 4 is 21.6 Å². The molecule has 0 unspecified atom stereocenters. The Morgan fingerprint density at radius 1 is 1.16 bits per heavy atom. The van der Waals surface area contributed by atoms with Crippen LogP contribution in [0.25, 0.3) is 0 Å². The lowest BCUT2D eigenvalue weighted by Crippen LogP contribution is -1.99. The van der Waals surface area contributed by atoms with Gasteiger partial charge in [-0.1, -0.05) is 22.0 Å². The van der Waals surface area contributed by atoms with E-state index in [0.29, 0.717) is 28.3 Å². The molecule has 2 aromatic rings. The standard InChI is InChI=1S/C14H13BrFNO2/c1-18-13-5-4-11(17)7-14(13)19-8-9-2-3-10(16)6-12(9)15/h2-7H,8,17H2,1H3. The van der Waals surface area contributed by atoms with Crippen LogP contribution in [0.2, 0.25) is 0 Å². The zero-order chi connectivity index (χ0) is 13.8. The predicted molar refractivity (Wildman–Crippen MR) is 75.8 cm³/mol. The number of ether oxygens (including phenoxy) is 2. The van der Waals surface area contributed by atoms with E-state index in [9.17, 15) is 4.39 Å². The Morgan fingerprint density at radius 3 is 2.63 bits per heavy atom. The van der Waals surface area contributed by atoms with Crippen LogP contribution in [0.15, 0.2) is 40.9 Å². The van der Waals surface area contributed by atoms with Gasteiger partial charge in [0.05, 0.1) is 7.11 Å². The average molecular weight is 326 g/mol. The summed E-state index contributed by atoms with van der Waals surface area (Å²) in [6.45, 7) is 0.292. The third-order valence-electron chi connectivity index (χ3n) is 2.59. The van der Waals surface area contributed by atoms with E-state index in [1.165, 1.54) is 12.1 Å². The molecule has 2 aromatic carbocycles. The number of rotatable bonds is 4. The summed E-state index contributed by atoms with van der Waals surface area (Å²) in [4.78, 5) is 0. The van der Waals surface area contributed by atoms with Crippen molar-refractivity contribution in [1.82, 2.24) is 0 Å². The van der Waals surface area contributed by atoms with Crippen LogP contribution < -0.4 is 15.2 Å². The number of hydrogen-bond donors (Lipinski definition) is 1. The monoisotopic (exact) mass is 325 g/mol. The van der Waals surface area contributed by atoms with E-state index in [-0.39, 0.29) is 5.82 Å². The normalized spacial score (nSPS) is 10.3. The van der Waals surface area contributed by atoms with Crippen molar-refractivity contribution in [2.24, 2.45) is 0 Å². The minimum absolute atomic E-state index is 0.292. The van der Waals surface area contributed by atoms with Crippen molar-refractivity contribution < 1.29 is 13.9 Å². The largest absolute Gasteiger partial charge is 0.493 e. The first kappa shape index (κ1) is 13.7.